The Morgan fingerprint density at radius 1 is 1.38 bits per heavy atom. The molecule has 0 radical (unpaired) electrons. The van der Waals surface area contributed by atoms with Crippen LogP contribution in [0.25, 0.3) is 0 Å². The zero-order valence-corrected chi connectivity index (χ0v) is 14.5. The van der Waals surface area contributed by atoms with Gasteiger partial charge in [-0.05, 0) is 13.0 Å². The summed E-state index contributed by atoms with van der Waals surface area (Å²) >= 11 is 1.75. The Bertz CT molecular complexity index is 565. The largest absolute Gasteiger partial charge is 0.340 e. The van der Waals surface area contributed by atoms with E-state index in [1.54, 1.807) is 11.3 Å². The second-order valence-corrected chi connectivity index (χ2v) is 7.49. The number of aromatic nitrogens is 3. The molecular formula is C16H26N4S. The smallest absolute Gasteiger partial charge is 0.0948 e. The van der Waals surface area contributed by atoms with Gasteiger partial charge >= 0.3 is 0 Å². The summed E-state index contributed by atoms with van der Waals surface area (Å²) in [5, 5.41) is 6.95. The Hall–Kier alpha value is -1.20. The van der Waals surface area contributed by atoms with Gasteiger partial charge in [0.15, 0.2) is 0 Å². The topological polar surface area (TPSA) is 42.7 Å². The van der Waals surface area contributed by atoms with Gasteiger partial charge in [-0.15, -0.1) is 11.3 Å². The molecule has 2 aromatic heterocycles. The lowest BCUT2D eigenvalue weighted by Gasteiger charge is -2.16. The van der Waals surface area contributed by atoms with E-state index in [0.717, 1.165) is 25.1 Å². The molecule has 0 saturated heterocycles. The van der Waals surface area contributed by atoms with Crippen molar-refractivity contribution >= 4 is 11.3 Å². The van der Waals surface area contributed by atoms with Gasteiger partial charge in [-0.1, -0.05) is 27.7 Å². The summed E-state index contributed by atoms with van der Waals surface area (Å²) in [5.74, 6) is 0. The number of thiazole rings is 1. The van der Waals surface area contributed by atoms with Crippen molar-refractivity contribution in [2.45, 2.75) is 52.0 Å². The highest BCUT2D eigenvalue weighted by molar-refractivity contribution is 7.09. The standard InChI is InChI=1S/C16H26N4S/c1-6-7-17-12(13-9-20(5)11-18-13)8-15-19-14(10-21-15)16(2,3)4/h9-12,17H,6-8H2,1-5H3. The molecule has 1 atom stereocenters. The first-order valence-corrected chi connectivity index (χ1v) is 8.44. The van der Waals surface area contributed by atoms with Crippen LogP contribution >= 0.6 is 11.3 Å². The lowest BCUT2D eigenvalue weighted by molar-refractivity contribution is 0.514. The SMILES string of the molecule is CCCNC(Cc1nc(C(C)(C)C)cs1)c1cn(C)cn1. The summed E-state index contributed by atoms with van der Waals surface area (Å²) in [6.45, 7) is 9.80. The lowest BCUT2D eigenvalue weighted by atomic mass is 9.93. The predicted molar refractivity (Wildman–Crippen MR) is 88.8 cm³/mol. The van der Waals surface area contributed by atoms with Crippen LogP contribution < -0.4 is 5.32 Å². The first-order chi connectivity index (χ1) is 9.90. The summed E-state index contributed by atoms with van der Waals surface area (Å²) in [6, 6.07) is 0.241. The molecule has 0 saturated carbocycles. The van der Waals surface area contributed by atoms with Crippen molar-refractivity contribution in [1.82, 2.24) is 19.9 Å². The molecule has 0 aromatic carbocycles. The first-order valence-electron chi connectivity index (χ1n) is 7.56. The molecule has 5 heteroatoms. The highest BCUT2D eigenvalue weighted by atomic mass is 32.1. The van der Waals surface area contributed by atoms with Crippen molar-refractivity contribution < 1.29 is 0 Å². The van der Waals surface area contributed by atoms with Gasteiger partial charge in [0, 0.05) is 30.5 Å². The second-order valence-electron chi connectivity index (χ2n) is 6.55. The molecule has 2 aromatic rings. The highest BCUT2D eigenvalue weighted by Crippen LogP contribution is 2.26. The maximum absolute atomic E-state index is 4.81. The summed E-state index contributed by atoms with van der Waals surface area (Å²) < 4.78 is 2.00. The highest BCUT2D eigenvalue weighted by Gasteiger charge is 2.20. The van der Waals surface area contributed by atoms with E-state index in [4.69, 9.17) is 4.98 Å². The van der Waals surface area contributed by atoms with Gasteiger partial charge in [0.25, 0.3) is 0 Å². The van der Waals surface area contributed by atoms with E-state index in [-0.39, 0.29) is 11.5 Å². The minimum atomic E-state index is 0.117. The van der Waals surface area contributed by atoms with Crippen molar-refractivity contribution in [1.29, 1.82) is 0 Å². The maximum atomic E-state index is 4.81. The van der Waals surface area contributed by atoms with Gasteiger partial charge in [0.05, 0.1) is 28.8 Å². The third kappa shape index (κ3) is 4.38. The Kier molecular flexibility index (Phi) is 5.17. The first kappa shape index (κ1) is 16.2. The normalized spacial score (nSPS) is 13.6. The van der Waals surface area contributed by atoms with E-state index in [1.165, 1.54) is 10.7 Å². The van der Waals surface area contributed by atoms with Gasteiger partial charge in [-0.25, -0.2) is 9.97 Å². The fourth-order valence-electron chi connectivity index (χ4n) is 2.14. The molecule has 1 N–H and O–H groups in total. The van der Waals surface area contributed by atoms with Gasteiger partial charge in [-0.3, -0.25) is 0 Å². The van der Waals surface area contributed by atoms with Crippen LogP contribution in [0.2, 0.25) is 0 Å². The van der Waals surface area contributed by atoms with Crippen LogP contribution in [-0.2, 0) is 18.9 Å². The zero-order valence-electron chi connectivity index (χ0n) is 13.7. The van der Waals surface area contributed by atoms with Crippen LogP contribution in [0.5, 0.6) is 0 Å². The van der Waals surface area contributed by atoms with Crippen LogP contribution in [-0.4, -0.2) is 21.1 Å². The molecule has 0 bridgehead atoms. The van der Waals surface area contributed by atoms with E-state index in [1.807, 2.05) is 17.9 Å². The van der Waals surface area contributed by atoms with Gasteiger partial charge in [0.1, 0.15) is 0 Å². The number of hydrogen-bond donors (Lipinski definition) is 1. The quantitative estimate of drug-likeness (QED) is 0.889. The number of nitrogens with zero attached hydrogens (tertiary/aromatic N) is 3. The van der Waals surface area contributed by atoms with E-state index in [9.17, 15) is 0 Å². The molecule has 0 aliphatic carbocycles. The Balaban J connectivity index is 2.13. The summed E-state index contributed by atoms with van der Waals surface area (Å²) in [6.07, 6.45) is 5.97. The van der Waals surface area contributed by atoms with Crippen LogP contribution in [0, 0.1) is 0 Å². The average Bonchev–Trinajstić information content (AvgIpc) is 3.02. The van der Waals surface area contributed by atoms with E-state index >= 15 is 0 Å². The van der Waals surface area contributed by atoms with Crippen molar-refractivity contribution in [2.75, 3.05) is 6.54 Å². The molecule has 2 heterocycles. The molecule has 4 nitrogen and oxygen atoms in total. The molecule has 0 amide bonds. The molecule has 0 aliphatic heterocycles. The van der Waals surface area contributed by atoms with Crippen LogP contribution in [0.3, 0.4) is 0 Å². The molecule has 0 spiro atoms. The molecule has 116 valence electrons. The Labute approximate surface area is 131 Å². The van der Waals surface area contributed by atoms with Crippen LogP contribution in [0.15, 0.2) is 17.9 Å². The number of rotatable bonds is 6. The minimum Gasteiger partial charge on any atom is -0.340 e. The Morgan fingerprint density at radius 3 is 2.67 bits per heavy atom. The van der Waals surface area contributed by atoms with E-state index in [2.05, 4.69) is 49.6 Å². The number of nitrogens with one attached hydrogen (secondary N) is 1. The van der Waals surface area contributed by atoms with Gasteiger partial charge in [-0.2, -0.15) is 0 Å². The third-order valence-electron chi connectivity index (χ3n) is 3.42. The van der Waals surface area contributed by atoms with Crippen molar-refractivity contribution in [3.05, 3.63) is 34.3 Å². The molecule has 21 heavy (non-hydrogen) atoms. The Morgan fingerprint density at radius 2 is 2.14 bits per heavy atom. The maximum Gasteiger partial charge on any atom is 0.0948 e. The van der Waals surface area contributed by atoms with E-state index in [0.29, 0.717) is 0 Å². The van der Waals surface area contributed by atoms with Gasteiger partial charge in [0.2, 0.25) is 0 Å². The number of hydrogen-bond acceptors (Lipinski definition) is 4. The molecule has 0 aliphatic rings. The monoisotopic (exact) mass is 306 g/mol. The third-order valence-corrected chi connectivity index (χ3v) is 4.29. The van der Waals surface area contributed by atoms with Crippen molar-refractivity contribution in [3.8, 4) is 0 Å². The lowest BCUT2D eigenvalue weighted by Crippen LogP contribution is -2.24. The fraction of sp³-hybridized carbons (Fsp3) is 0.625. The predicted octanol–water partition coefficient (Wildman–Crippen LogP) is 3.46. The number of imidazole rings is 1. The molecular weight excluding hydrogens is 280 g/mol. The zero-order chi connectivity index (χ0) is 15.5. The minimum absolute atomic E-state index is 0.117. The van der Waals surface area contributed by atoms with Crippen molar-refractivity contribution in [3.63, 3.8) is 0 Å². The fourth-order valence-corrected chi connectivity index (χ4v) is 3.20. The molecule has 2 rings (SSSR count). The average molecular weight is 306 g/mol. The summed E-state index contributed by atoms with van der Waals surface area (Å²) in [5.41, 5.74) is 2.39. The molecule has 0 fully saturated rings. The summed E-state index contributed by atoms with van der Waals surface area (Å²) in [4.78, 5) is 9.30. The second kappa shape index (κ2) is 6.71. The van der Waals surface area contributed by atoms with Gasteiger partial charge < -0.3 is 9.88 Å². The number of aryl methyl sites for hydroxylation is 1. The van der Waals surface area contributed by atoms with Crippen LogP contribution in [0.4, 0.5) is 0 Å². The van der Waals surface area contributed by atoms with Crippen molar-refractivity contribution in [2.24, 2.45) is 7.05 Å². The molecule has 1 unspecified atom stereocenters. The van der Waals surface area contributed by atoms with Crippen LogP contribution in [0.1, 0.15) is 56.6 Å². The summed E-state index contributed by atoms with van der Waals surface area (Å²) in [7, 11) is 2.01. The van der Waals surface area contributed by atoms with E-state index < -0.39 is 0 Å².